The second-order valence-corrected chi connectivity index (χ2v) is 10.8. The number of aliphatic hydroxyl groups is 2. The van der Waals surface area contributed by atoms with E-state index in [0.717, 1.165) is 18.4 Å². The summed E-state index contributed by atoms with van der Waals surface area (Å²) in [5, 5.41) is 27.9. The summed E-state index contributed by atoms with van der Waals surface area (Å²) in [5.41, 5.74) is 7.49. The van der Waals surface area contributed by atoms with Crippen LogP contribution in [-0.2, 0) is 12.1 Å². The molecule has 1 saturated carbocycles. The summed E-state index contributed by atoms with van der Waals surface area (Å²) in [6.45, 7) is 3.13. The highest BCUT2D eigenvalue weighted by Gasteiger charge is 2.26. The summed E-state index contributed by atoms with van der Waals surface area (Å²) < 4.78 is 18.1. The predicted octanol–water partition coefficient (Wildman–Crippen LogP) is 3.60. The Morgan fingerprint density at radius 3 is 2.68 bits per heavy atom. The highest BCUT2D eigenvalue weighted by Crippen LogP contribution is 2.41. The van der Waals surface area contributed by atoms with Crippen molar-refractivity contribution in [2.45, 2.75) is 44.8 Å². The van der Waals surface area contributed by atoms with E-state index in [9.17, 15) is 15.0 Å². The third-order valence-corrected chi connectivity index (χ3v) is 7.34. The third kappa shape index (κ3) is 4.92. The first-order valence-electron chi connectivity index (χ1n) is 13.2. The second-order valence-electron chi connectivity index (χ2n) is 10.8. The number of halogens is 1. The molecule has 12 heteroatoms. The van der Waals surface area contributed by atoms with E-state index in [4.69, 9.17) is 5.73 Å². The van der Waals surface area contributed by atoms with Gasteiger partial charge in [0, 0.05) is 23.5 Å². The van der Waals surface area contributed by atoms with Gasteiger partial charge < -0.3 is 21.3 Å². The van der Waals surface area contributed by atoms with Crippen LogP contribution >= 0.6 is 0 Å². The van der Waals surface area contributed by atoms with Gasteiger partial charge in [0.2, 0.25) is 11.9 Å². The zero-order valence-electron chi connectivity index (χ0n) is 22.5. The Morgan fingerprint density at radius 2 is 1.95 bits per heavy atom. The molecule has 0 spiro atoms. The Kier molecular flexibility index (Phi) is 6.51. The van der Waals surface area contributed by atoms with E-state index in [2.05, 4.69) is 25.4 Å². The van der Waals surface area contributed by atoms with Crippen molar-refractivity contribution in [1.29, 1.82) is 0 Å². The maximum atomic E-state index is 15.1. The molecule has 0 saturated heterocycles. The number of hydrogen-bond acceptors (Lipinski definition) is 9. The van der Waals surface area contributed by atoms with Crippen LogP contribution in [0, 0.1) is 5.82 Å². The van der Waals surface area contributed by atoms with Crippen LogP contribution in [0.15, 0.2) is 59.8 Å². The van der Waals surface area contributed by atoms with Crippen molar-refractivity contribution in [2.24, 2.45) is 0 Å². The van der Waals surface area contributed by atoms with Gasteiger partial charge in [-0.25, -0.2) is 4.39 Å². The number of fused-ring (bicyclic) bond motifs is 1. The first-order chi connectivity index (χ1) is 19.7. The van der Waals surface area contributed by atoms with Crippen LogP contribution in [0.3, 0.4) is 0 Å². The van der Waals surface area contributed by atoms with E-state index >= 15 is 4.39 Å². The van der Waals surface area contributed by atoms with Gasteiger partial charge in [-0.3, -0.25) is 14.0 Å². The smallest absolute Gasteiger partial charge is 0.265 e. The Labute approximate surface area is 234 Å². The lowest BCUT2D eigenvalue weighted by molar-refractivity contribution is 0.152. The molecule has 11 nitrogen and oxygen atoms in total. The molecule has 1 aliphatic rings. The second kappa shape index (κ2) is 10.1. The summed E-state index contributed by atoms with van der Waals surface area (Å²) in [6, 6.07) is 10.1. The number of benzene rings is 2. The van der Waals surface area contributed by atoms with E-state index in [-0.39, 0.29) is 29.7 Å². The number of pyridine rings is 1. The van der Waals surface area contributed by atoms with Gasteiger partial charge in [0.15, 0.2) is 5.82 Å². The topological polar surface area (TPSA) is 157 Å². The summed E-state index contributed by atoms with van der Waals surface area (Å²) in [4.78, 5) is 26.4. The number of hydrogen-bond donors (Lipinski definition) is 4. The summed E-state index contributed by atoms with van der Waals surface area (Å²) in [7, 11) is 0. The van der Waals surface area contributed by atoms with Crippen LogP contribution in [0.1, 0.15) is 43.7 Å². The minimum Gasteiger partial charge on any atom is -0.394 e. The lowest BCUT2D eigenvalue weighted by Crippen LogP contribution is -2.30. The fourth-order valence-corrected chi connectivity index (χ4v) is 4.86. The van der Waals surface area contributed by atoms with Crippen LogP contribution in [0.25, 0.3) is 27.8 Å². The Bertz CT molecular complexity index is 1840. The summed E-state index contributed by atoms with van der Waals surface area (Å²) in [5.74, 6) is 0.0378. The Morgan fingerprint density at radius 1 is 1.15 bits per heavy atom. The van der Waals surface area contributed by atoms with Gasteiger partial charge in [0.05, 0.1) is 41.7 Å². The highest BCUT2D eigenvalue weighted by molar-refractivity contribution is 5.83. The molecule has 1 fully saturated rings. The number of nitrogens with two attached hydrogens (primary N) is 1. The van der Waals surface area contributed by atoms with Gasteiger partial charge in [0.25, 0.3) is 5.56 Å². The number of nitrogen functional groups attached to an aromatic ring is 1. The highest BCUT2D eigenvalue weighted by atomic mass is 19.1. The maximum absolute atomic E-state index is 15.1. The minimum absolute atomic E-state index is 0.00740. The number of nitrogens with zero attached hydrogens (tertiary/aromatic N) is 6. The van der Waals surface area contributed by atoms with Crippen molar-refractivity contribution in [2.75, 3.05) is 17.7 Å². The normalized spacial score (nSPS) is 13.6. The first kappa shape index (κ1) is 26.5. The molecule has 2 aromatic carbocycles. The number of aliphatic hydroxyl groups excluding tert-OH is 2. The first-order valence-corrected chi connectivity index (χ1v) is 13.2. The average molecular weight is 557 g/mol. The van der Waals surface area contributed by atoms with Gasteiger partial charge in [-0.05, 0) is 61.8 Å². The molecule has 1 aliphatic carbocycles. The molecule has 0 amide bonds. The van der Waals surface area contributed by atoms with Gasteiger partial charge in [-0.1, -0.05) is 18.2 Å². The Balaban J connectivity index is 1.40. The van der Waals surface area contributed by atoms with E-state index in [1.54, 1.807) is 47.5 Å². The van der Waals surface area contributed by atoms with Crippen LogP contribution in [-0.4, -0.2) is 46.1 Å². The molecular weight excluding hydrogens is 527 g/mol. The fraction of sp³-hybridized carbons (Fsp3) is 0.276. The summed E-state index contributed by atoms with van der Waals surface area (Å²) in [6.07, 6.45) is 6.90. The van der Waals surface area contributed by atoms with E-state index in [1.807, 2.05) is 19.9 Å². The molecule has 0 bridgehead atoms. The minimum atomic E-state index is -0.608. The standard InChI is InChI=1S/C29H29FN8O3/c1-29(2,15-40)38-13-19(12-32-38)33-28-35-25(34-27(31)36-28)20-4-3-5-23(21(20)14-39)37-9-8-17-10-18(16-6-7-16)11-22(30)24(17)26(37)41/h3-5,8-13,16,39-40H,6-7,14-15H2,1-2H3,(H3,31,33,34,35,36). The molecule has 5 aromatic rings. The molecule has 5 N–H and O–H groups in total. The molecule has 3 aromatic heterocycles. The average Bonchev–Trinajstić information content (AvgIpc) is 3.70. The molecular formula is C29H29FN8O3. The lowest BCUT2D eigenvalue weighted by Gasteiger charge is -2.21. The van der Waals surface area contributed by atoms with Crippen molar-refractivity contribution in [1.82, 2.24) is 29.3 Å². The van der Waals surface area contributed by atoms with Gasteiger partial charge in [-0.2, -0.15) is 20.1 Å². The number of rotatable bonds is 8. The van der Waals surface area contributed by atoms with Crippen molar-refractivity contribution in [3.05, 3.63) is 82.3 Å². The van der Waals surface area contributed by atoms with Crippen molar-refractivity contribution in [3.8, 4) is 17.1 Å². The molecule has 41 heavy (non-hydrogen) atoms. The van der Waals surface area contributed by atoms with Gasteiger partial charge >= 0.3 is 0 Å². The fourth-order valence-electron chi connectivity index (χ4n) is 4.86. The molecule has 0 atom stereocenters. The van der Waals surface area contributed by atoms with Crippen LogP contribution < -0.4 is 16.6 Å². The van der Waals surface area contributed by atoms with Gasteiger partial charge in [0.1, 0.15) is 5.82 Å². The number of anilines is 3. The summed E-state index contributed by atoms with van der Waals surface area (Å²) >= 11 is 0. The van der Waals surface area contributed by atoms with E-state index < -0.39 is 23.5 Å². The molecule has 3 heterocycles. The zero-order chi connectivity index (χ0) is 28.9. The number of nitrogens with one attached hydrogen (secondary N) is 1. The lowest BCUT2D eigenvalue weighted by atomic mass is 10.0. The molecule has 6 rings (SSSR count). The molecule has 210 valence electrons. The molecule has 0 radical (unpaired) electrons. The van der Waals surface area contributed by atoms with Crippen molar-refractivity contribution < 1.29 is 14.6 Å². The van der Waals surface area contributed by atoms with Crippen LogP contribution in [0.5, 0.6) is 0 Å². The predicted molar refractivity (Wildman–Crippen MR) is 153 cm³/mol. The van der Waals surface area contributed by atoms with E-state index in [0.29, 0.717) is 33.8 Å². The van der Waals surface area contributed by atoms with Crippen molar-refractivity contribution >= 4 is 28.4 Å². The number of aromatic nitrogens is 6. The van der Waals surface area contributed by atoms with Gasteiger partial charge in [-0.15, -0.1) is 0 Å². The molecule has 0 aliphatic heterocycles. The maximum Gasteiger partial charge on any atom is 0.265 e. The molecule has 0 unspecified atom stereocenters. The van der Waals surface area contributed by atoms with E-state index in [1.165, 1.54) is 10.6 Å². The SMILES string of the molecule is CC(C)(CO)n1cc(Nc2nc(N)nc(-c3cccc(-n4ccc5cc(C6CC6)cc(F)c5c4=O)c3CO)n2)cn1. The van der Waals surface area contributed by atoms with Crippen LogP contribution in [0.2, 0.25) is 0 Å². The van der Waals surface area contributed by atoms with Crippen molar-refractivity contribution in [3.63, 3.8) is 0 Å². The third-order valence-electron chi connectivity index (χ3n) is 7.34. The quantitative estimate of drug-likeness (QED) is 0.224. The Hall–Kier alpha value is -4.68. The van der Waals surface area contributed by atoms with Crippen LogP contribution in [0.4, 0.5) is 22.0 Å². The largest absolute Gasteiger partial charge is 0.394 e. The zero-order valence-corrected chi connectivity index (χ0v) is 22.5. The monoisotopic (exact) mass is 556 g/mol.